The van der Waals surface area contributed by atoms with Gasteiger partial charge >= 0.3 is 0 Å². The number of hydrogen-bond donors (Lipinski definition) is 0. The highest BCUT2D eigenvalue weighted by molar-refractivity contribution is 14.1. The van der Waals surface area contributed by atoms with Crippen LogP contribution in [-0.4, -0.2) is 11.3 Å². The summed E-state index contributed by atoms with van der Waals surface area (Å²) < 4.78 is 0.894. The number of carbonyl (C=O) groups is 1. The predicted molar refractivity (Wildman–Crippen MR) is 42.3 cm³/mol. The van der Waals surface area contributed by atoms with Crippen LogP contribution in [0.15, 0.2) is 18.5 Å². The van der Waals surface area contributed by atoms with Crippen LogP contribution in [0.2, 0.25) is 0 Å². The van der Waals surface area contributed by atoms with Crippen molar-refractivity contribution in [2.45, 2.75) is 0 Å². The van der Waals surface area contributed by atoms with Gasteiger partial charge in [-0.15, -0.1) is 0 Å². The first-order chi connectivity index (χ1) is 4.34. The molecular weight excluding hydrogens is 229 g/mol. The van der Waals surface area contributed by atoms with E-state index < -0.39 is 0 Å². The molecule has 0 spiro atoms. The molecule has 1 aromatic rings. The highest BCUT2D eigenvalue weighted by Gasteiger charge is 1.93. The zero-order valence-corrected chi connectivity index (χ0v) is 6.70. The molecule has 1 heterocycles. The van der Waals surface area contributed by atoms with Gasteiger partial charge in [-0.2, -0.15) is 0 Å². The van der Waals surface area contributed by atoms with Gasteiger partial charge in [-0.25, -0.2) is 0 Å². The molecule has 0 atom stereocenters. The summed E-state index contributed by atoms with van der Waals surface area (Å²) in [4.78, 5) is 14.0. The minimum atomic E-state index is 0.700. The maximum absolute atomic E-state index is 10.2. The third-order valence-electron chi connectivity index (χ3n) is 0.931. The normalized spacial score (nSPS) is 9.00. The van der Waals surface area contributed by atoms with Gasteiger partial charge in [0.1, 0.15) is 0 Å². The van der Waals surface area contributed by atoms with Crippen molar-refractivity contribution in [2.24, 2.45) is 0 Å². The standard InChI is InChI=1S/C6H4INO/c7-6-3-8-2-1-5(6)4-9/h1-4H. The molecule has 0 radical (unpaired) electrons. The first-order valence-electron chi connectivity index (χ1n) is 2.39. The van der Waals surface area contributed by atoms with Crippen LogP contribution >= 0.6 is 22.6 Å². The van der Waals surface area contributed by atoms with Gasteiger partial charge in [0.15, 0.2) is 6.29 Å². The lowest BCUT2D eigenvalue weighted by Gasteiger charge is -1.89. The second-order valence-electron chi connectivity index (χ2n) is 1.52. The third kappa shape index (κ3) is 1.48. The lowest BCUT2D eigenvalue weighted by atomic mass is 10.3. The largest absolute Gasteiger partial charge is 0.298 e. The fourth-order valence-electron chi connectivity index (χ4n) is 0.482. The molecular formula is C6H4INO. The molecule has 0 unspecified atom stereocenters. The second kappa shape index (κ2) is 2.91. The van der Waals surface area contributed by atoms with Crippen molar-refractivity contribution in [3.05, 3.63) is 27.6 Å². The van der Waals surface area contributed by atoms with Crippen LogP contribution in [0.1, 0.15) is 10.4 Å². The molecule has 0 N–H and O–H groups in total. The fourth-order valence-corrected chi connectivity index (χ4v) is 0.949. The van der Waals surface area contributed by atoms with E-state index in [1.54, 1.807) is 18.5 Å². The van der Waals surface area contributed by atoms with Gasteiger partial charge in [-0.05, 0) is 28.7 Å². The summed E-state index contributed by atoms with van der Waals surface area (Å²) in [6.45, 7) is 0. The Morgan fingerprint density at radius 3 is 2.89 bits per heavy atom. The molecule has 3 heteroatoms. The summed E-state index contributed by atoms with van der Waals surface area (Å²) in [7, 11) is 0. The number of aromatic nitrogens is 1. The van der Waals surface area contributed by atoms with Crippen molar-refractivity contribution < 1.29 is 4.79 Å². The van der Waals surface area contributed by atoms with Crippen LogP contribution in [0.3, 0.4) is 0 Å². The zero-order chi connectivity index (χ0) is 6.69. The van der Waals surface area contributed by atoms with Gasteiger partial charge in [0.25, 0.3) is 0 Å². The van der Waals surface area contributed by atoms with Crippen LogP contribution < -0.4 is 0 Å². The molecule has 1 aromatic heterocycles. The highest BCUT2D eigenvalue weighted by atomic mass is 127. The summed E-state index contributed by atoms with van der Waals surface area (Å²) in [5.41, 5.74) is 0.700. The molecule has 46 valence electrons. The van der Waals surface area contributed by atoms with E-state index in [0.29, 0.717) is 5.56 Å². The lowest BCUT2D eigenvalue weighted by molar-refractivity contribution is 0.112. The molecule has 9 heavy (non-hydrogen) atoms. The van der Waals surface area contributed by atoms with E-state index in [1.807, 2.05) is 0 Å². The minimum Gasteiger partial charge on any atom is -0.298 e. The predicted octanol–water partition coefficient (Wildman–Crippen LogP) is 1.50. The Morgan fingerprint density at radius 2 is 2.44 bits per heavy atom. The van der Waals surface area contributed by atoms with E-state index >= 15 is 0 Å². The van der Waals surface area contributed by atoms with Crippen LogP contribution in [-0.2, 0) is 0 Å². The number of pyridine rings is 1. The SMILES string of the molecule is O=Cc1ccncc1I. The number of carbonyl (C=O) groups excluding carboxylic acids is 1. The molecule has 0 saturated carbocycles. The molecule has 2 nitrogen and oxygen atoms in total. The smallest absolute Gasteiger partial charge is 0.151 e. The minimum absolute atomic E-state index is 0.700. The molecule has 0 bridgehead atoms. The number of aldehydes is 1. The summed E-state index contributed by atoms with van der Waals surface area (Å²) in [6.07, 6.45) is 4.08. The Bertz CT molecular complexity index is 224. The summed E-state index contributed by atoms with van der Waals surface area (Å²) in [6, 6.07) is 1.69. The first-order valence-corrected chi connectivity index (χ1v) is 3.47. The molecule has 0 fully saturated rings. The van der Waals surface area contributed by atoms with E-state index in [1.165, 1.54) is 0 Å². The van der Waals surface area contributed by atoms with Crippen molar-refractivity contribution in [1.29, 1.82) is 0 Å². The Labute approximate surface area is 66.4 Å². The molecule has 0 aromatic carbocycles. The van der Waals surface area contributed by atoms with Crippen molar-refractivity contribution in [2.75, 3.05) is 0 Å². The lowest BCUT2D eigenvalue weighted by Crippen LogP contribution is -1.84. The van der Waals surface area contributed by atoms with Gasteiger partial charge in [0.2, 0.25) is 0 Å². The second-order valence-corrected chi connectivity index (χ2v) is 2.68. The molecule has 0 amide bonds. The number of halogens is 1. The van der Waals surface area contributed by atoms with E-state index in [4.69, 9.17) is 0 Å². The molecule has 0 aliphatic rings. The Morgan fingerprint density at radius 1 is 1.67 bits per heavy atom. The maximum atomic E-state index is 10.2. The summed E-state index contributed by atoms with van der Waals surface area (Å²) >= 11 is 2.07. The number of rotatable bonds is 1. The van der Waals surface area contributed by atoms with Gasteiger partial charge < -0.3 is 0 Å². The highest BCUT2D eigenvalue weighted by Crippen LogP contribution is 2.05. The van der Waals surface area contributed by atoms with E-state index in [2.05, 4.69) is 27.6 Å². The van der Waals surface area contributed by atoms with Gasteiger partial charge in [-0.1, -0.05) is 0 Å². The maximum Gasteiger partial charge on any atom is 0.151 e. The van der Waals surface area contributed by atoms with Gasteiger partial charge in [0.05, 0.1) is 0 Å². The Kier molecular flexibility index (Phi) is 2.16. The van der Waals surface area contributed by atoms with Crippen molar-refractivity contribution >= 4 is 28.9 Å². The van der Waals surface area contributed by atoms with Crippen molar-refractivity contribution in [3.63, 3.8) is 0 Å². The quantitative estimate of drug-likeness (QED) is 0.543. The average Bonchev–Trinajstić information content (AvgIpc) is 1.89. The molecule has 1 rings (SSSR count). The summed E-state index contributed by atoms with van der Waals surface area (Å²) in [5.74, 6) is 0. The van der Waals surface area contributed by atoms with E-state index in [0.717, 1.165) is 9.86 Å². The van der Waals surface area contributed by atoms with Crippen LogP contribution in [0.25, 0.3) is 0 Å². The average molecular weight is 233 g/mol. The van der Waals surface area contributed by atoms with Crippen molar-refractivity contribution in [3.8, 4) is 0 Å². The topological polar surface area (TPSA) is 30.0 Å². The molecule has 0 aliphatic carbocycles. The van der Waals surface area contributed by atoms with Crippen LogP contribution in [0.4, 0.5) is 0 Å². The molecule has 0 saturated heterocycles. The Hall–Kier alpha value is -0.450. The number of hydrogen-bond acceptors (Lipinski definition) is 2. The fraction of sp³-hybridized carbons (Fsp3) is 0. The summed E-state index contributed by atoms with van der Waals surface area (Å²) in [5, 5.41) is 0. The van der Waals surface area contributed by atoms with Crippen molar-refractivity contribution in [1.82, 2.24) is 4.98 Å². The van der Waals surface area contributed by atoms with Gasteiger partial charge in [-0.3, -0.25) is 9.78 Å². The van der Waals surface area contributed by atoms with E-state index in [-0.39, 0.29) is 0 Å². The Balaban J connectivity index is 3.15. The third-order valence-corrected chi connectivity index (χ3v) is 1.83. The van der Waals surface area contributed by atoms with E-state index in [9.17, 15) is 4.79 Å². The van der Waals surface area contributed by atoms with Gasteiger partial charge in [0, 0.05) is 21.5 Å². The number of nitrogens with zero attached hydrogens (tertiary/aromatic N) is 1. The monoisotopic (exact) mass is 233 g/mol. The molecule has 0 aliphatic heterocycles. The first kappa shape index (κ1) is 6.67. The van der Waals surface area contributed by atoms with Crippen LogP contribution in [0, 0.1) is 3.57 Å². The van der Waals surface area contributed by atoms with Crippen LogP contribution in [0.5, 0.6) is 0 Å². The zero-order valence-electron chi connectivity index (χ0n) is 4.54.